The van der Waals surface area contributed by atoms with Gasteiger partial charge in [-0.05, 0) is 38.5 Å². The average molecular weight is 198 g/mol. The van der Waals surface area contributed by atoms with Gasteiger partial charge in [0.2, 0.25) is 0 Å². The van der Waals surface area contributed by atoms with Gasteiger partial charge in [0.1, 0.15) is 0 Å². The zero-order chi connectivity index (χ0) is 10.0. The molecule has 2 rings (SSSR count). The minimum atomic E-state index is -0.824. The van der Waals surface area contributed by atoms with Crippen LogP contribution in [-0.2, 0) is 9.53 Å². The molecule has 0 saturated heterocycles. The first kappa shape index (κ1) is 9.97. The predicted molar refractivity (Wildman–Crippen MR) is 52.2 cm³/mol. The molecule has 0 radical (unpaired) electrons. The number of ether oxygens (including phenoxy) is 1. The molecule has 0 atom stereocenters. The van der Waals surface area contributed by atoms with Crippen LogP contribution in [0.15, 0.2) is 0 Å². The summed E-state index contributed by atoms with van der Waals surface area (Å²) >= 11 is 0. The van der Waals surface area contributed by atoms with E-state index < -0.39 is 11.6 Å². The van der Waals surface area contributed by atoms with E-state index in [1.165, 1.54) is 12.8 Å². The Bertz CT molecular complexity index is 213. The van der Waals surface area contributed by atoms with E-state index in [2.05, 4.69) is 0 Å². The van der Waals surface area contributed by atoms with Crippen LogP contribution < -0.4 is 0 Å². The largest absolute Gasteiger partial charge is 0.479 e. The van der Waals surface area contributed by atoms with Crippen molar-refractivity contribution in [1.29, 1.82) is 0 Å². The van der Waals surface area contributed by atoms with Gasteiger partial charge < -0.3 is 9.84 Å². The summed E-state index contributed by atoms with van der Waals surface area (Å²) in [5.41, 5.74) is -0.824. The molecule has 0 aliphatic heterocycles. The van der Waals surface area contributed by atoms with Crippen LogP contribution >= 0.6 is 0 Å². The van der Waals surface area contributed by atoms with E-state index in [1.54, 1.807) is 0 Å². The van der Waals surface area contributed by atoms with E-state index in [4.69, 9.17) is 4.74 Å². The lowest BCUT2D eigenvalue weighted by Gasteiger charge is -2.28. The van der Waals surface area contributed by atoms with Crippen LogP contribution in [-0.4, -0.2) is 22.8 Å². The van der Waals surface area contributed by atoms with Gasteiger partial charge in [-0.1, -0.05) is 12.8 Å². The van der Waals surface area contributed by atoms with E-state index in [9.17, 15) is 9.90 Å². The molecule has 0 spiro atoms. The van der Waals surface area contributed by atoms with Crippen molar-refractivity contribution in [2.24, 2.45) is 0 Å². The molecule has 80 valence electrons. The fraction of sp³-hybridized carbons (Fsp3) is 0.909. The number of carbonyl (C=O) groups is 1. The molecule has 14 heavy (non-hydrogen) atoms. The molecule has 0 aromatic rings. The first-order valence-corrected chi connectivity index (χ1v) is 5.64. The van der Waals surface area contributed by atoms with Gasteiger partial charge in [-0.3, -0.25) is 0 Å². The lowest BCUT2D eigenvalue weighted by molar-refractivity contribution is -0.172. The highest BCUT2D eigenvalue weighted by atomic mass is 16.5. The van der Waals surface area contributed by atoms with Gasteiger partial charge in [0.05, 0.1) is 6.10 Å². The van der Waals surface area contributed by atoms with E-state index in [0.717, 1.165) is 25.7 Å². The lowest BCUT2D eigenvalue weighted by Crippen LogP contribution is -2.41. The van der Waals surface area contributed by atoms with Crippen molar-refractivity contribution >= 4 is 5.97 Å². The van der Waals surface area contributed by atoms with Crippen molar-refractivity contribution in [1.82, 2.24) is 0 Å². The van der Waals surface area contributed by atoms with Crippen molar-refractivity contribution in [3.05, 3.63) is 0 Å². The SMILES string of the molecule is O=C(O)C1(OC2CCCC2)CCCC1. The van der Waals surface area contributed by atoms with Crippen molar-refractivity contribution in [2.45, 2.75) is 63.1 Å². The van der Waals surface area contributed by atoms with Gasteiger partial charge in [0, 0.05) is 0 Å². The van der Waals surface area contributed by atoms with Crippen molar-refractivity contribution in [3.8, 4) is 0 Å². The molecule has 2 aliphatic rings. The molecule has 2 fully saturated rings. The standard InChI is InChI=1S/C11H18O3/c12-10(13)11(7-3-4-8-11)14-9-5-1-2-6-9/h9H,1-8H2,(H,12,13). The molecule has 1 N–H and O–H groups in total. The second kappa shape index (κ2) is 3.89. The monoisotopic (exact) mass is 198 g/mol. The molecular weight excluding hydrogens is 180 g/mol. The van der Waals surface area contributed by atoms with Gasteiger partial charge in [0.25, 0.3) is 0 Å². The summed E-state index contributed by atoms with van der Waals surface area (Å²) in [6.45, 7) is 0. The maximum atomic E-state index is 11.2. The molecule has 3 nitrogen and oxygen atoms in total. The fourth-order valence-corrected chi connectivity index (χ4v) is 2.65. The molecule has 0 bridgehead atoms. The van der Waals surface area contributed by atoms with Crippen molar-refractivity contribution in [3.63, 3.8) is 0 Å². The van der Waals surface area contributed by atoms with Crippen molar-refractivity contribution in [2.75, 3.05) is 0 Å². The first-order valence-electron chi connectivity index (χ1n) is 5.64. The Morgan fingerprint density at radius 3 is 2.21 bits per heavy atom. The third kappa shape index (κ3) is 1.78. The molecule has 3 heteroatoms. The maximum Gasteiger partial charge on any atom is 0.335 e. The predicted octanol–water partition coefficient (Wildman–Crippen LogP) is 2.34. The van der Waals surface area contributed by atoms with Crippen LogP contribution in [0.4, 0.5) is 0 Å². The van der Waals surface area contributed by atoms with Crippen LogP contribution in [0.2, 0.25) is 0 Å². The topological polar surface area (TPSA) is 46.5 Å². The van der Waals surface area contributed by atoms with Gasteiger partial charge in [0.15, 0.2) is 5.60 Å². The number of rotatable bonds is 3. The van der Waals surface area contributed by atoms with Crippen LogP contribution in [0.25, 0.3) is 0 Å². The Kier molecular flexibility index (Phi) is 2.77. The Hall–Kier alpha value is -0.570. The maximum absolute atomic E-state index is 11.2. The number of hydrogen-bond acceptors (Lipinski definition) is 2. The van der Waals surface area contributed by atoms with E-state index in [1.807, 2.05) is 0 Å². The second-order valence-corrected chi connectivity index (χ2v) is 4.53. The smallest absolute Gasteiger partial charge is 0.335 e. The normalized spacial score (nSPS) is 26.9. The molecule has 0 aromatic heterocycles. The fourth-order valence-electron chi connectivity index (χ4n) is 2.65. The highest BCUT2D eigenvalue weighted by Crippen LogP contribution is 2.37. The summed E-state index contributed by atoms with van der Waals surface area (Å²) in [7, 11) is 0. The van der Waals surface area contributed by atoms with Gasteiger partial charge in [-0.25, -0.2) is 4.79 Å². The van der Waals surface area contributed by atoms with Gasteiger partial charge in [-0.2, -0.15) is 0 Å². The molecule has 2 saturated carbocycles. The number of aliphatic carboxylic acids is 1. The highest BCUT2D eigenvalue weighted by Gasteiger charge is 2.44. The molecule has 0 aromatic carbocycles. The number of carboxylic acid groups (broad SMARTS) is 1. The Labute approximate surface area is 84.4 Å². The third-order valence-corrected chi connectivity index (χ3v) is 3.50. The highest BCUT2D eigenvalue weighted by molar-refractivity contribution is 5.77. The van der Waals surface area contributed by atoms with Crippen LogP contribution in [0.5, 0.6) is 0 Å². The van der Waals surface area contributed by atoms with Crippen LogP contribution in [0.3, 0.4) is 0 Å². The Balaban J connectivity index is 1.99. The second-order valence-electron chi connectivity index (χ2n) is 4.53. The molecule has 2 aliphatic carbocycles. The molecular formula is C11H18O3. The first-order chi connectivity index (χ1) is 6.73. The van der Waals surface area contributed by atoms with Gasteiger partial charge in [-0.15, -0.1) is 0 Å². The van der Waals surface area contributed by atoms with E-state index in [-0.39, 0.29) is 6.10 Å². The van der Waals surface area contributed by atoms with Crippen molar-refractivity contribution < 1.29 is 14.6 Å². The summed E-state index contributed by atoms with van der Waals surface area (Å²) in [5, 5.41) is 9.20. The lowest BCUT2D eigenvalue weighted by atomic mass is 10.0. The molecule has 0 unspecified atom stereocenters. The number of hydrogen-bond donors (Lipinski definition) is 1. The Morgan fingerprint density at radius 1 is 1.14 bits per heavy atom. The zero-order valence-electron chi connectivity index (χ0n) is 8.50. The minimum absolute atomic E-state index is 0.212. The summed E-state index contributed by atoms with van der Waals surface area (Å²) in [6.07, 6.45) is 8.12. The summed E-state index contributed by atoms with van der Waals surface area (Å²) < 4.78 is 5.82. The van der Waals surface area contributed by atoms with Crippen LogP contribution in [0.1, 0.15) is 51.4 Å². The van der Waals surface area contributed by atoms with E-state index in [0.29, 0.717) is 12.8 Å². The summed E-state index contributed by atoms with van der Waals surface area (Å²) in [4.78, 5) is 11.2. The van der Waals surface area contributed by atoms with E-state index >= 15 is 0 Å². The molecule has 0 heterocycles. The molecule has 0 amide bonds. The van der Waals surface area contributed by atoms with Gasteiger partial charge >= 0.3 is 5.97 Å². The number of carboxylic acids is 1. The quantitative estimate of drug-likeness (QED) is 0.757. The summed E-state index contributed by atoms with van der Waals surface area (Å²) in [6, 6.07) is 0. The summed E-state index contributed by atoms with van der Waals surface area (Å²) in [5.74, 6) is -0.748. The zero-order valence-corrected chi connectivity index (χ0v) is 8.50. The third-order valence-electron chi connectivity index (χ3n) is 3.50. The average Bonchev–Trinajstić information content (AvgIpc) is 2.76. The Morgan fingerprint density at radius 2 is 1.71 bits per heavy atom. The minimum Gasteiger partial charge on any atom is -0.479 e. The van der Waals surface area contributed by atoms with Crippen LogP contribution in [0, 0.1) is 0 Å².